The smallest absolute Gasteiger partial charge is 0.226 e. The predicted molar refractivity (Wildman–Crippen MR) is 118 cm³/mol. The van der Waals surface area contributed by atoms with Crippen LogP contribution in [0.4, 0.5) is 5.82 Å². The van der Waals surface area contributed by atoms with E-state index in [4.69, 9.17) is 16.9 Å². The molecule has 0 unspecified atom stereocenters. The number of hydrogen-bond acceptors (Lipinski definition) is 7. The molecule has 8 nitrogen and oxygen atoms in total. The molecule has 0 aliphatic heterocycles. The number of hydrazone groups is 1. The third-order valence-corrected chi connectivity index (χ3v) is 4.68. The topological polar surface area (TPSA) is 109 Å². The van der Waals surface area contributed by atoms with Crippen LogP contribution in [-0.4, -0.2) is 31.5 Å². The number of halogens is 1. The third kappa shape index (κ3) is 4.57. The van der Waals surface area contributed by atoms with Crippen LogP contribution in [0.15, 0.2) is 60.0 Å². The molecule has 152 valence electrons. The number of carbonyl (C=O) groups excluding carboxylic acids is 1. The van der Waals surface area contributed by atoms with Gasteiger partial charge in [0.25, 0.3) is 0 Å². The van der Waals surface area contributed by atoms with Crippen molar-refractivity contribution in [3.8, 4) is 6.07 Å². The van der Waals surface area contributed by atoms with Crippen LogP contribution in [-0.2, 0) is 6.54 Å². The molecule has 0 radical (unpaired) electrons. The van der Waals surface area contributed by atoms with Crippen molar-refractivity contribution < 1.29 is 4.79 Å². The summed E-state index contributed by atoms with van der Waals surface area (Å²) in [5, 5.41) is 13.1. The summed E-state index contributed by atoms with van der Waals surface area (Å²) in [7, 11) is 0. The SMILES string of the molecule is Cc1cccc(C=NNc2nc(Cl)nc3c2ncn3CC(=O)c2ccc(C#N)cc2)c1. The van der Waals surface area contributed by atoms with E-state index in [2.05, 4.69) is 25.5 Å². The number of fused-ring (bicyclic) bond motifs is 1. The normalized spacial score (nSPS) is 11.0. The van der Waals surface area contributed by atoms with Gasteiger partial charge < -0.3 is 4.57 Å². The number of aryl methyl sites for hydroxylation is 1. The number of nitrogens with one attached hydrogen (secondary N) is 1. The Kier molecular flexibility index (Phi) is 5.69. The second-order valence-electron chi connectivity index (χ2n) is 6.78. The average molecular weight is 430 g/mol. The molecule has 0 fully saturated rings. The number of carbonyl (C=O) groups is 1. The molecule has 1 N–H and O–H groups in total. The maximum Gasteiger partial charge on any atom is 0.226 e. The Bertz CT molecular complexity index is 1340. The van der Waals surface area contributed by atoms with E-state index >= 15 is 0 Å². The van der Waals surface area contributed by atoms with Gasteiger partial charge in [0.15, 0.2) is 22.8 Å². The Labute approximate surface area is 182 Å². The van der Waals surface area contributed by atoms with E-state index in [9.17, 15) is 4.79 Å². The van der Waals surface area contributed by atoms with E-state index in [1.807, 2.05) is 37.3 Å². The zero-order valence-corrected chi connectivity index (χ0v) is 17.2. The Balaban J connectivity index is 1.57. The van der Waals surface area contributed by atoms with Gasteiger partial charge in [0.2, 0.25) is 5.28 Å². The fourth-order valence-electron chi connectivity index (χ4n) is 3.01. The quantitative estimate of drug-likeness (QED) is 0.215. The number of Topliss-reactive ketones (excluding diaryl/α,β-unsaturated/α-hetero) is 1. The Morgan fingerprint density at radius 2 is 2.06 bits per heavy atom. The van der Waals surface area contributed by atoms with E-state index < -0.39 is 0 Å². The molecule has 0 spiro atoms. The number of hydrogen-bond donors (Lipinski definition) is 1. The lowest BCUT2D eigenvalue weighted by atomic mass is 10.1. The predicted octanol–water partition coefficient (Wildman–Crippen LogP) is 3.99. The summed E-state index contributed by atoms with van der Waals surface area (Å²) in [6.45, 7) is 2.02. The molecule has 0 aliphatic rings. The van der Waals surface area contributed by atoms with E-state index in [1.165, 1.54) is 6.33 Å². The van der Waals surface area contributed by atoms with E-state index in [1.54, 1.807) is 35.0 Å². The summed E-state index contributed by atoms with van der Waals surface area (Å²) in [6, 6.07) is 16.4. The minimum atomic E-state index is -0.148. The first-order valence-electron chi connectivity index (χ1n) is 9.31. The second kappa shape index (κ2) is 8.73. The summed E-state index contributed by atoms with van der Waals surface area (Å²) >= 11 is 6.09. The van der Waals surface area contributed by atoms with Crippen LogP contribution in [0, 0.1) is 18.3 Å². The van der Waals surface area contributed by atoms with Crippen LogP contribution in [0.2, 0.25) is 5.28 Å². The highest BCUT2D eigenvalue weighted by molar-refractivity contribution is 6.28. The van der Waals surface area contributed by atoms with Gasteiger partial charge in [0, 0.05) is 5.56 Å². The van der Waals surface area contributed by atoms with Crippen molar-refractivity contribution in [1.29, 1.82) is 5.26 Å². The van der Waals surface area contributed by atoms with Crippen molar-refractivity contribution in [3.63, 3.8) is 0 Å². The van der Waals surface area contributed by atoms with Crippen LogP contribution in [0.1, 0.15) is 27.0 Å². The molecule has 2 heterocycles. The van der Waals surface area contributed by atoms with E-state index in [0.717, 1.165) is 11.1 Å². The van der Waals surface area contributed by atoms with Gasteiger partial charge in [-0.2, -0.15) is 20.3 Å². The van der Waals surface area contributed by atoms with Crippen molar-refractivity contribution in [2.45, 2.75) is 13.5 Å². The number of anilines is 1. The zero-order chi connectivity index (χ0) is 21.8. The number of nitriles is 1. The number of ketones is 1. The first kappa shape index (κ1) is 20.2. The second-order valence-corrected chi connectivity index (χ2v) is 7.12. The van der Waals surface area contributed by atoms with Gasteiger partial charge >= 0.3 is 0 Å². The molecule has 9 heteroatoms. The van der Waals surface area contributed by atoms with Crippen LogP contribution in [0.25, 0.3) is 11.2 Å². The fraction of sp³-hybridized carbons (Fsp3) is 0.0909. The summed E-state index contributed by atoms with van der Waals surface area (Å²) in [5.74, 6) is 0.189. The molecule has 2 aromatic heterocycles. The Morgan fingerprint density at radius 1 is 1.26 bits per heavy atom. The van der Waals surface area contributed by atoms with E-state index in [0.29, 0.717) is 28.1 Å². The molecule has 2 aromatic carbocycles. The molecule has 0 atom stereocenters. The molecular formula is C22H16ClN7O. The Morgan fingerprint density at radius 3 is 2.81 bits per heavy atom. The highest BCUT2D eigenvalue weighted by Gasteiger charge is 2.15. The maximum atomic E-state index is 12.6. The van der Waals surface area contributed by atoms with E-state index in [-0.39, 0.29) is 17.6 Å². The largest absolute Gasteiger partial charge is 0.307 e. The van der Waals surface area contributed by atoms with Gasteiger partial charge in [-0.15, -0.1) is 0 Å². The van der Waals surface area contributed by atoms with Crippen molar-refractivity contribution >= 4 is 40.6 Å². The van der Waals surface area contributed by atoms with Crippen molar-refractivity contribution in [1.82, 2.24) is 19.5 Å². The summed E-state index contributed by atoms with van der Waals surface area (Å²) in [6.07, 6.45) is 3.17. The first-order valence-corrected chi connectivity index (χ1v) is 9.69. The molecular weight excluding hydrogens is 414 g/mol. The minimum Gasteiger partial charge on any atom is -0.307 e. The van der Waals surface area contributed by atoms with Crippen molar-refractivity contribution in [3.05, 3.63) is 82.4 Å². The summed E-state index contributed by atoms with van der Waals surface area (Å²) in [4.78, 5) is 25.3. The molecule has 0 saturated heterocycles. The van der Waals surface area contributed by atoms with Crippen LogP contribution < -0.4 is 5.43 Å². The Hall–Kier alpha value is -4.09. The van der Waals surface area contributed by atoms with Gasteiger partial charge in [-0.1, -0.05) is 42.0 Å². The van der Waals surface area contributed by atoms with Gasteiger partial charge in [-0.05, 0) is 36.2 Å². The van der Waals surface area contributed by atoms with Crippen LogP contribution in [0.5, 0.6) is 0 Å². The van der Waals surface area contributed by atoms with Crippen molar-refractivity contribution in [2.75, 3.05) is 5.43 Å². The lowest BCUT2D eigenvalue weighted by Crippen LogP contribution is -2.10. The highest BCUT2D eigenvalue weighted by Crippen LogP contribution is 2.21. The van der Waals surface area contributed by atoms with Crippen LogP contribution >= 0.6 is 11.6 Å². The molecule has 4 aromatic rings. The van der Waals surface area contributed by atoms with Crippen LogP contribution in [0.3, 0.4) is 0 Å². The van der Waals surface area contributed by atoms with Gasteiger partial charge in [-0.25, -0.2) is 4.98 Å². The third-order valence-electron chi connectivity index (χ3n) is 4.51. The number of nitrogens with zero attached hydrogens (tertiary/aromatic N) is 6. The first-order chi connectivity index (χ1) is 15.0. The zero-order valence-electron chi connectivity index (χ0n) is 16.5. The number of imidazole rings is 1. The highest BCUT2D eigenvalue weighted by atomic mass is 35.5. The molecule has 0 saturated carbocycles. The number of aromatic nitrogens is 4. The standard InChI is InChI=1S/C22H16ClN7O/c1-14-3-2-4-16(9-14)11-26-29-20-19-21(28-22(23)27-20)30(13-25-19)12-18(31)17-7-5-15(10-24)6-8-17/h2-9,11,13H,12H2,1H3,(H,27,28,29). The molecule has 0 aliphatic carbocycles. The molecule has 0 amide bonds. The monoisotopic (exact) mass is 429 g/mol. The molecule has 4 rings (SSSR count). The van der Waals surface area contributed by atoms with Gasteiger partial charge in [-0.3, -0.25) is 10.2 Å². The molecule has 31 heavy (non-hydrogen) atoms. The minimum absolute atomic E-state index is 0.00771. The van der Waals surface area contributed by atoms with Crippen molar-refractivity contribution in [2.24, 2.45) is 5.10 Å². The lowest BCUT2D eigenvalue weighted by molar-refractivity contribution is 0.0973. The summed E-state index contributed by atoms with van der Waals surface area (Å²) in [5.41, 5.74) is 6.74. The number of benzene rings is 2. The number of rotatable bonds is 6. The summed E-state index contributed by atoms with van der Waals surface area (Å²) < 4.78 is 1.60. The molecule has 0 bridgehead atoms. The average Bonchev–Trinajstić information content (AvgIpc) is 3.16. The van der Waals surface area contributed by atoms with Gasteiger partial charge in [0.05, 0.1) is 30.7 Å². The lowest BCUT2D eigenvalue weighted by Gasteiger charge is -2.05. The van der Waals surface area contributed by atoms with Gasteiger partial charge in [0.1, 0.15) is 0 Å². The maximum absolute atomic E-state index is 12.6. The fourth-order valence-corrected chi connectivity index (χ4v) is 3.17.